The van der Waals surface area contributed by atoms with E-state index in [1.54, 1.807) is 12.3 Å². The fourth-order valence-corrected chi connectivity index (χ4v) is 2.70. The number of halogens is 1. The van der Waals surface area contributed by atoms with Crippen molar-refractivity contribution in [2.75, 3.05) is 0 Å². The SMILES string of the molecule is CCCn1cc(C(O)c2sccc2Cl)cn1. The van der Waals surface area contributed by atoms with Gasteiger partial charge in [0.25, 0.3) is 0 Å². The molecule has 0 aliphatic heterocycles. The maximum Gasteiger partial charge on any atom is 0.118 e. The van der Waals surface area contributed by atoms with Crippen molar-refractivity contribution >= 4 is 22.9 Å². The first kappa shape index (κ1) is 11.6. The number of rotatable bonds is 4. The number of aliphatic hydroxyl groups is 1. The van der Waals surface area contributed by atoms with E-state index in [0.717, 1.165) is 23.4 Å². The highest BCUT2D eigenvalue weighted by molar-refractivity contribution is 7.10. The minimum absolute atomic E-state index is 0.612. The molecule has 0 bridgehead atoms. The molecule has 1 unspecified atom stereocenters. The third-order valence-corrected chi connectivity index (χ3v) is 3.73. The molecule has 0 radical (unpaired) electrons. The molecular formula is C11H13ClN2OS. The third-order valence-electron chi connectivity index (χ3n) is 2.31. The van der Waals surface area contributed by atoms with Gasteiger partial charge in [-0.25, -0.2) is 0 Å². The molecule has 2 aromatic rings. The van der Waals surface area contributed by atoms with E-state index < -0.39 is 6.10 Å². The molecule has 0 saturated carbocycles. The lowest BCUT2D eigenvalue weighted by atomic mass is 10.2. The van der Waals surface area contributed by atoms with Crippen LogP contribution in [0.2, 0.25) is 5.02 Å². The van der Waals surface area contributed by atoms with Crippen LogP contribution in [0.5, 0.6) is 0 Å². The average Bonchev–Trinajstić information content (AvgIpc) is 2.87. The van der Waals surface area contributed by atoms with Crippen molar-refractivity contribution in [3.63, 3.8) is 0 Å². The van der Waals surface area contributed by atoms with Gasteiger partial charge in [-0.05, 0) is 17.9 Å². The Balaban J connectivity index is 2.20. The molecule has 2 aromatic heterocycles. The van der Waals surface area contributed by atoms with Crippen LogP contribution in [-0.2, 0) is 6.54 Å². The summed E-state index contributed by atoms with van der Waals surface area (Å²) in [6.45, 7) is 2.96. The second-order valence-corrected chi connectivity index (χ2v) is 4.93. The quantitative estimate of drug-likeness (QED) is 0.913. The Labute approximate surface area is 103 Å². The molecule has 0 amide bonds. The Morgan fingerprint density at radius 3 is 3.06 bits per heavy atom. The van der Waals surface area contributed by atoms with Crippen LogP contribution in [0, 0.1) is 0 Å². The standard InChI is InChI=1S/C11H13ClN2OS/c1-2-4-14-7-8(6-13-14)10(15)11-9(12)3-5-16-11/h3,5-7,10,15H,2,4H2,1H3. The average molecular weight is 257 g/mol. The predicted octanol–water partition coefficient (Wildman–Crippen LogP) is 3.09. The van der Waals surface area contributed by atoms with Crippen LogP contribution in [0.1, 0.15) is 29.9 Å². The van der Waals surface area contributed by atoms with Crippen molar-refractivity contribution in [3.05, 3.63) is 39.3 Å². The highest BCUT2D eigenvalue weighted by Crippen LogP contribution is 2.32. The molecule has 1 N–H and O–H groups in total. The maximum atomic E-state index is 10.1. The van der Waals surface area contributed by atoms with Gasteiger partial charge in [0.05, 0.1) is 16.1 Å². The largest absolute Gasteiger partial charge is 0.383 e. The molecule has 0 spiro atoms. The summed E-state index contributed by atoms with van der Waals surface area (Å²) in [5.74, 6) is 0. The van der Waals surface area contributed by atoms with E-state index >= 15 is 0 Å². The lowest BCUT2D eigenvalue weighted by molar-refractivity contribution is 0.224. The van der Waals surface area contributed by atoms with Crippen LogP contribution in [0.15, 0.2) is 23.8 Å². The number of aromatic nitrogens is 2. The Morgan fingerprint density at radius 2 is 2.44 bits per heavy atom. The van der Waals surface area contributed by atoms with Crippen molar-refractivity contribution < 1.29 is 5.11 Å². The molecule has 2 rings (SSSR count). The first-order valence-electron chi connectivity index (χ1n) is 5.15. The molecule has 0 saturated heterocycles. The Morgan fingerprint density at radius 1 is 1.62 bits per heavy atom. The van der Waals surface area contributed by atoms with Gasteiger partial charge >= 0.3 is 0 Å². The summed E-state index contributed by atoms with van der Waals surface area (Å²) in [5, 5.41) is 16.8. The number of aliphatic hydroxyl groups excluding tert-OH is 1. The summed E-state index contributed by atoms with van der Waals surface area (Å²) in [6.07, 6.45) is 3.91. The number of aryl methyl sites for hydroxylation is 1. The summed E-state index contributed by atoms with van der Waals surface area (Å²) in [6, 6.07) is 1.79. The molecular weight excluding hydrogens is 244 g/mol. The summed E-state index contributed by atoms with van der Waals surface area (Å²) in [5.41, 5.74) is 0.790. The van der Waals surface area contributed by atoms with E-state index in [-0.39, 0.29) is 0 Å². The fourth-order valence-electron chi connectivity index (χ4n) is 1.52. The van der Waals surface area contributed by atoms with Gasteiger partial charge in [0.1, 0.15) is 6.10 Å². The van der Waals surface area contributed by atoms with Crippen molar-refractivity contribution in [2.45, 2.75) is 26.0 Å². The highest BCUT2D eigenvalue weighted by atomic mass is 35.5. The summed E-state index contributed by atoms with van der Waals surface area (Å²) >= 11 is 7.43. The van der Waals surface area contributed by atoms with Gasteiger partial charge in [-0.1, -0.05) is 18.5 Å². The smallest absolute Gasteiger partial charge is 0.118 e. The first-order valence-corrected chi connectivity index (χ1v) is 6.41. The zero-order valence-corrected chi connectivity index (χ0v) is 10.5. The molecule has 2 heterocycles. The van der Waals surface area contributed by atoms with E-state index in [1.165, 1.54) is 11.3 Å². The van der Waals surface area contributed by atoms with Crippen molar-refractivity contribution in [1.82, 2.24) is 9.78 Å². The first-order chi connectivity index (χ1) is 7.72. The van der Waals surface area contributed by atoms with Crippen molar-refractivity contribution in [2.24, 2.45) is 0 Å². The molecule has 0 aromatic carbocycles. The lowest BCUT2D eigenvalue weighted by Gasteiger charge is -2.06. The van der Waals surface area contributed by atoms with E-state index in [4.69, 9.17) is 11.6 Å². The van der Waals surface area contributed by atoms with Gasteiger partial charge in [0.2, 0.25) is 0 Å². The predicted molar refractivity (Wildman–Crippen MR) is 65.9 cm³/mol. The van der Waals surface area contributed by atoms with Crippen LogP contribution in [-0.4, -0.2) is 14.9 Å². The number of hydrogen-bond donors (Lipinski definition) is 1. The van der Waals surface area contributed by atoms with Crippen LogP contribution in [0.4, 0.5) is 0 Å². The van der Waals surface area contributed by atoms with E-state index in [1.807, 2.05) is 16.3 Å². The molecule has 5 heteroatoms. The van der Waals surface area contributed by atoms with Crippen LogP contribution in [0.3, 0.4) is 0 Å². The Bertz CT molecular complexity index is 466. The normalized spacial score (nSPS) is 12.9. The molecule has 16 heavy (non-hydrogen) atoms. The van der Waals surface area contributed by atoms with Crippen molar-refractivity contribution in [3.8, 4) is 0 Å². The lowest BCUT2D eigenvalue weighted by Crippen LogP contribution is -1.98. The van der Waals surface area contributed by atoms with Gasteiger partial charge in [-0.2, -0.15) is 5.10 Å². The number of hydrogen-bond acceptors (Lipinski definition) is 3. The molecule has 3 nitrogen and oxygen atoms in total. The third kappa shape index (κ3) is 2.29. The second-order valence-electron chi connectivity index (χ2n) is 3.57. The van der Waals surface area contributed by atoms with E-state index in [9.17, 15) is 5.11 Å². The van der Waals surface area contributed by atoms with Crippen LogP contribution < -0.4 is 0 Å². The number of nitrogens with zero attached hydrogens (tertiary/aromatic N) is 2. The summed E-state index contributed by atoms with van der Waals surface area (Å²) < 4.78 is 1.83. The van der Waals surface area contributed by atoms with Gasteiger partial charge in [0.15, 0.2) is 0 Å². The summed E-state index contributed by atoms with van der Waals surface area (Å²) in [7, 11) is 0. The monoisotopic (exact) mass is 256 g/mol. The molecule has 0 aliphatic carbocycles. The van der Waals surface area contributed by atoms with Gasteiger partial charge in [-0.15, -0.1) is 11.3 Å². The Kier molecular flexibility index (Phi) is 3.63. The van der Waals surface area contributed by atoms with Gasteiger partial charge < -0.3 is 5.11 Å². The zero-order valence-electron chi connectivity index (χ0n) is 8.93. The van der Waals surface area contributed by atoms with Gasteiger partial charge in [0, 0.05) is 18.3 Å². The maximum absolute atomic E-state index is 10.1. The molecule has 0 fully saturated rings. The number of thiophene rings is 1. The minimum atomic E-state index is -0.668. The summed E-state index contributed by atoms with van der Waals surface area (Å²) in [4.78, 5) is 0.776. The fraction of sp³-hybridized carbons (Fsp3) is 0.364. The van der Waals surface area contributed by atoms with Crippen LogP contribution >= 0.6 is 22.9 Å². The molecule has 86 valence electrons. The van der Waals surface area contributed by atoms with E-state index in [2.05, 4.69) is 12.0 Å². The minimum Gasteiger partial charge on any atom is -0.383 e. The molecule has 1 atom stereocenters. The Hall–Kier alpha value is -0.840. The zero-order chi connectivity index (χ0) is 11.5. The van der Waals surface area contributed by atoms with Crippen LogP contribution in [0.25, 0.3) is 0 Å². The highest BCUT2D eigenvalue weighted by Gasteiger charge is 2.16. The van der Waals surface area contributed by atoms with Crippen molar-refractivity contribution in [1.29, 1.82) is 0 Å². The van der Waals surface area contributed by atoms with Gasteiger partial charge in [-0.3, -0.25) is 4.68 Å². The second kappa shape index (κ2) is 4.99. The molecule has 0 aliphatic rings. The topological polar surface area (TPSA) is 38.0 Å². The van der Waals surface area contributed by atoms with E-state index in [0.29, 0.717) is 5.02 Å².